The third-order valence-electron chi connectivity index (χ3n) is 0.653. The summed E-state index contributed by atoms with van der Waals surface area (Å²) < 4.78 is 0. The van der Waals surface area contributed by atoms with E-state index in [0.717, 1.165) is 0 Å². The smallest absolute Gasteiger partial charge is 0.333 e. The minimum atomic E-state index is -1.79. The van der Waals surface area contributed by atoms with E-state index in [2.05, 4.69) is 0 Å². The number of aliphatic hydroxyl groups excluding tert-OH is 1. The Balaban J connectivity index is 0. The molecule has 0 saturated carbocycles. The van der Waals surface area contributed by atoms with E-state index >= 15 is 0 Å². The third kappa shape index (κ3) is 5.04. The SMILES string of the molecule is C.O=C(O)CC(O)C(=O)O. The largest absolute Gasteiger partial charge is 0.481 e. The second-order valence-electron chi connectivity index (χ2n) is 1.45. The van der Waals surface area contributed by atoms with Crippen LogP contribution in [0.5, 0.6) is 0 Å². The summed E-state index contributed by atoms with van der Waals surface area (Å²) in [6.07, 6.45) is -2.54. The van der Waals surface area contributed by atoms with Gasteiger partial charge in [-0.15, -0.1) is 0 Å². The van der Waals surface area contributed by atoms with Crippen LogP contribution in [0.25, 0.3) is 0 Å². The number of aliphatic carboxylic acids is 2. The van der Waals surface area contributed by atoms with Crippen molar-refractivity contribution in [1.82, 2.24) is 0 Å². The van der Waals surface area contributed by atoms with Gasteiger partial charge in [0.15, 0.2) is 6.10 Å². The van der Waals surface area contributed by atoms with Crippen molar-refractivity contribution < 1.29 is 24.9 Å². The van der Waals surface area contributed by atoms with Crippen LogP contribution in [0, 0.1) is 0 Å². The number of hydrogen-bond acceptors (Lipinski definition) is 3. The van der Waals surface area contributed by atoms with Gasteiger partial charge in [-0.25, -0.2) is 4.79 Å². The van der Waals surface area contributed by atoms with Crippen molar-refractivity contribution in [3.8, 4) is 0 Å². The van der Waals surface area contributed by atoms with E-state index in [9.17, 15) is 9.59 Å². The zero-order valence-electron chi connectivity index (χ0n) is 4.44. The third-order valence-corrected chi connectivity index (χ3v) is 0.653. The summed E-state index contributed by atoms with van der Waals surface area (Å²) in [5.74, 6) is -2.85. The standard InChI is InChI=1S/C4H6O5.CH4/c5-2(4(8)9)1-3(6)7;/h2,5H,1H2,(H,6,7)(H,8,9);1H4. The van der Waals surface area contributed by atoms with E-state index in [1.54, 1.807) is 0 Å². The van der Waals surface area contributed by atoms with E-state index in [4.69, 9.17) is 15.3 Å². The van der Waals surface area contributed by atoms with E-state index in [1.807, 2.05) is 0 Å². The van der Waals surface area contributed by atoms with Gasteiger partial charge < -0.3 is 15.3 Å². The summed E-state index contributed by atoms with van der Waals surface area (Å²) in [6, 6.07) is 0. The topological polar surface area (TPSA) is 94.8 Å². The van der Waals surface area contributed by atoms with Crippen molar-refractivity contribution in [2.45, 2.75) is 20.0 Å². The zero-order chi connectivity index (χ0) is 7.44. The summed E-state index contributed by atoms with van der Waals surface area (Å²) in [7, 11) is 0. The highest BCUT2D eigenvalue weighted by atomic mass is 16.4. The molecule has 0 aromatic heterocycles. The van der Waals surface area contributed by atoms with Crippen molar-refractivity contribution in [3.63, 3.8) is 0 Å². The minimum Gasteiger partial charge on any atom is -0.481 e. The normalized spacial score (nSPS) is 11.3. The molecule has 5 nitrogen and oxygen atoms in total. The quantitative estimate of drug-likeness (QED) is 0.506. The van der Waals surface area contributed by atoms with Gasteiger partial charge in [0.1, 0.15) is 0 Å². The average Bonchev–Trinajstić information content (AvgIpc) is 1.63. The fraction of sp³-hybridized carbons (Fsp3) is 0.600. The molecule has 0 bridgehead atoms. The Bertz CT molecular complexity index is 130. The second-order valence-corrected chi connectivity index (χ2v) is 1.45. The van der Waals surface area contributed by atoms with Crippen LogP contribution >= 0.6 is 0 Å². The van der Waals surface area contributed by atoms with Gasteiger partial charge in [-0.2, -0.15) is 0 Å². The molecule has 0 aliphatic rings. The van der Waals surface area contributed by atoms with Crippen molar-refractivity contribution in [2.24, 2.45) is 0 Å². The Morgan fingerprint density at radius 1 is 1.30 bits per heavy atom. The fourth-order valence-electron chi connectivity index (χ4n) is 0.253. The van der Waals surface area contributed by atoms with Gasteiger partial charge >= 0.3 is 11.9 Å². The van der Waals surface area contributed by atoms with Gasteiger partial charge in [0.2, 0.25) is 0 Å². The molecular weight excluding hydrogens is 140 g/mol. The zero-order valence-corrected chi connectivity index (χ0v) is 4.44. The predicted octanol–water partition coefficient (Wildman–Crippen LogP) is -0.457. The molecule has 3 N–H and O–H groups in total. The van der Waals surface area contributed by atoms with Gasteiger partial charge in [0.05, 0.1) is 6.42 Å². The molecule has 0 rings (SSSR count). The molecule has 0 saturated heterocycles. The van der Waals surface area contributed by atoms with Crippen LogP contribution in [-0.2, 0) is 9.59 Å². The second kappa shape index (κ2) is 4.75. The van der Waals surface area contributed by atoms with Crippen LogP contribution in [0.1, 0.15) is 13.8 Å². The van der Waals surface area contributed by atoms with Crippen molar-refractivity contribution in [3.05, 3.63) is 0 Å². The lowest BCUT2D eigenvalue weighted by atomic mass is 10.3. The van der Waals surface area contributed by atoms with E-state index < -0.39 is 24.5 Å². The molecule has 1 unspecified atom stereocenters. The summed E-state index contributed by atoms with van der Waals surface area (Å²) in [5.41, 5.74) is 0. The molecule has 60 valence electrons. The van der Waals surface area contributed by atoms with Crippen LogP contribution in [0.3, 0.4) is 0 Å². The Kier molecular flexibility index (Phi) is 5.54. The minimum absolute atomic E-state index is 0. The lowest BCUT2D eigenvalue weighted by Gasteiger charge is -1.97. The van der Waals surface area contributed by atoms with Gasteiger partial charge in [0.25, 0.3) is 0 Å². The molecule has 1 atom stereocenters. The molecule has 0 radical (unpaired) electrons. The molecule has 0 heterocycles. The molecular formula is C5H10O5. The van der Waals surface area contributed by atoms with Crippen LogP contribution in [0.2, 0.25) is 0 Å². The fourth-order valence-corrected chi connectivity index (χ4v) is 0.253. The Labute approximate surface area is 57.9 Å². The van der Waals surface area contributed by atoms with Crippen molar-refractivity contribution in [2.75, 3.05) is 0 Å². The Morgan fingerprint density at radius 2 is 1.70 bits per heavy atom. The predicted molar refractivity (Wildman–Crippen MR) is 32.6 cm³/mol. The molecule has 0 aromatic rings. The maximum Gasteiger partial charge on any atom is 0.333 e. The highest BCUT2D eigenvalue weighted by Gasteiger charge is 2.16. The Hall–Kier alpha value is -1.10. The first-order valence-electron chi connectivity index (χ1n) is 2.16. The maximum absolute atomic E-state index is 9.72. The number of rotatable bonds is 3. The molecule has 0 aliphatic heterocycles. The number of hydrogen-bond donors (Lipinski definition) is 3. The summed E-state index contributed by atoms with van der Waals surface area (Å²) >= 11 is 0. The summed E-state index contributed by atoms with van der Waals surface area (Å²) in [4.78, 5) is 19.4. The van der Waals surface area contributed by atoms with Gasteiger partial charge in [-0.3, -0.25) is 4.79 Å². The van der Waals surface area contributed by atoms with Crippen molar-refractivity contribution >= 4 is 11.9 Å². The first kappa shape index (κ1) is 11.7. The molecule has 5 heteroatoms. The van der Waals surface area contributed by atoms with Crippen LogP contribution in [-0.4, -0.2) is 33.4 Å². The molecule has 0 amide bonds. The number of carboxylic acid groups (broad SMARTS) is 2. The average molecular weight is 150 g/mol. The lowest BCUT2D eigenvalue weighted by molar-refractivity contribution is -0.152. The van der Waals surface area contributed by atoms with Gasteiger partial charge in [-0.05, 0) is 0 Å². The van der Waals surface area contributed by atoms with Gasteiger partial charge in [-0.1, -0.05) is 7.43 Å². The van der Waals surface area contributed by atoms with Gasteiger partial charge in [0, 0.05) is 0 Å². The summed E-state index contributed by atoms with van der Waals surface area (Å²) in [6.45, 7) is 0. The van der Waals surface area contributed by atoms with Crippen LogP contribution < -0.4 is 0 Å². The monoisotopic (exact) mass is 150 g/mol. The van der Waals surface area contributed by atoms with Crippen molar-refractivity contribution in [1.29, 1.82) is 0 Å². The Morgan fingerprint density at radius 3 is 1.80 bits per heavy atom. The highest BCUT2D eigenvalue weighted by Crippen LogP contribution is 1.89. The van der Waals surface area contributed by atoms with E-state index in [-0.39, 0.29) is 7.43 Å². The molecule has 0 spiro atoms. The molecule has 10 heavy (non-hydrogen) atoms. The lowest BCUT2D eigenvalue weighted by Crippen LogP contribution is -2.22. The highest BCUT2D eigenvalue weighted by molar-refractivity contribution is 5.79. The van der Waals surface area contributed by atoms with E-state index in [1.165, 1.54) is 0 Å². The molecule has 0 aromatic carbocycles. The maximum atomic E-state index is 9.72. The summed E-state index contributed by atoms with van der Waals surface area (Å²) in [5, 5.41) is 24.1. The number of carboxylic acids is 2. The first-order chi connectivity index (χ1) is 4.04. The van der Waals surface area contributed by atoms with E-state index in [0.29, 0.717) is 0 Å². The number of aliphatic hydroxyl groups is 1. The van der Waals surface area contributed by atoms with Crippen LogP contribution in [0.15, 0.2) is 0 Å². The number of carbonyl (C=O) groups is 2. The first-order valence-corrected chi connectivity index (χ1v) is 2.16. The molecule has 0 fully saturated rings. The molecule has 0 aliphatic carbocycles. The van der Waals surface area contributed by atoms with Crippen LogP contribution in [0.4, 0.5) is 0 Å².